The predicted molar refractivity (Wildman–Crippen MR) is 78.1 cm³/mol. The lowest BCUT2D eigenvalue weighted by Crippen LogP contribution is -2.37. The molecule has 0 saturated carbocycles. The average Bonchev–Trinajstić information content (AvgIpc) is 2.68. The number of halogens is 1. The second kappa shape index (κ2) is 8.81. The maximum absolute atomic E-state index is 5.17. The molecule has 17 heavy (non-hydrogen) atoms. The highest BCUT2D eigenvalue weighted by Gasteiger charge is 2.00. The smallest absolute Gasteiger partial charge is 0.192 e. The maximum atomic E-state index is 5.17. The van der Waals surface area contributed by atoms with Gasteiger partial charge in [-0.05, 0) is 6.92 Å². The summed E-state index contributed by atoms with van der Waals surface area (Å²) in [4.78, 5) is 8.41. The lowest BCUT2D eigenvalue weighted by Gasteiger charge is -2.08. The average molecular weight is 348 g/mol. The molecule has 1 rings (SSSR count). The second-order valence-electron chi connectivity index (χ2n) is 3.05. The van der Waals surface area contributed by atoms with Crippen LogP contribution in [0.5, 0.6) is 0 Å². The SMILES string of the molecule is C#CCNC(=NCc1ncnn1C)NCC.I. The van der Waals surface area contributed by atoms with E-state index >= 15 is 0 Å². The van der Waals surface area contributed by atoms with Gasteiger partial charge in [0.05, 0.1) is 6.54 Å². The van der Waals surface area contributed by atoms with Gasteiger partial charge >= 0.3 is 0 Å². The van der Waals surface area contributed by atoms with Crippen molar-refractivity contribution in [3.63, 3.8) is 0 Å². The maximum Gasteiger partial charge on any atom is 0.192 e. The molecule has 6 nitrogen and oxygen atoms in total. The Hall–Kier alpha value is -1.30. The molecule has 0 atom stereocenters. The fourth-order valence-electron chi connectivity index (χ4n) is 1.09. The highest BCUT2D eigenvalue weighted by molar-refractivity contribution is 14.0. The van der Waals surface area contributed by atoms with E-state index in [1.54, 1.807) is 4.68 Å². The van der Waals surface area contributed by atoms with Gasteiger partial charge in [0.15, 0.2) is 5.96 Å². The van der Waals surface area contributed by atoms with Crippen molar-refractivity contribution in [1.29, 1.82) is 0 Å². The van der Waals surface area contributed by atoms with Gasteiger partial charge in [-0.3, -0.25) is 4.68 Å². The minimum Gasteiger partial charge on any atom is -0.357 e. The van der Waals surface area contributed by atoms with Crippen LogP contribution in [0, 0.1) is 12.3 Å². The zero-order valence-electron chi connectivity index (χ0n) is 9.97. The summed E-state index contributed by atoms with van der Waals surface area (Å²) in [5.74, 6) is 3.98. The molecule has 0 amide bonds. The Balaban J connectivity index is 0.00000256. The topological polar surface area (TPSA) is 67.1 Å². The minimum absolute atomic E-state index is 0. The predicted octanol–water partition coefficient (Wildman–Crippen LogP) is 0.121. The van der Waals surface area contributed by atoms with Crippen LogP contribution < -0.4 is 10.6 Å². The molecule has 1 heterocycles. The molecule has 0 bridgehead atoms. The summed E-state index contributed by atoms with van der Waals surface area (Å²) < 4.78 is 1.69. The zero-order valence-corrected chi connectivity index (χ0v) is 12.3. The molecule has 0 aliphatic rings. The van der Waals surface area contributed by atoms with Crippen LogP contribution >= 0.6 is 24.0 Å². The summed E-state index contributed by atoms with van der Waals surface area (Å²) in [6, 6.07) is 0. The fourth-order valence-corrected chi connectivity index (χ4v) is 1.09. The first-order valence-electron chi connectivity index (χ1n) is 5.06. The first-order chi connectivity index (χ1) is 7.77. The molecular formula is C10H17IN6. The number of nitrogens with one attached hydrogen (secondary N) is 2. The number of aryl methyl sites for hydroxylation is 1. The van der Waals surface area contributed by atoms with Crippen LogP contribution in [0.15, 0.2) is 11.3 Å². The van der Waals surface area contributed by atoms with E-state index in [-0.39, 0.29) is 24.0 Å². The molecule has 0 fully saturated rings. The van der Waals surface area contributed by atoms with Gasteiger partial charge < -0.3 is 10.6 Å². The number of aliphatic imine (C=N–C) groups is 1. The highest BCUT2D eigenvalue weighted by Crippen LogP contribution is 1.92. The largest absolute Gasteiger partial charge is 0.357 e. The van der Waals surface area contributed by atoms with E-state index in [0.717, 1.165) is 12.4 Å². The summed E-state index contributed by atoms with van der Waals surface area (Å²) in [6.07, 6.45) is 6.67. The number of hydrogen-bond acceptors (Lipinski definition) is 3. The second-order valence-corrected chi connectivity index (χ2v) is 3.05. The molecule has 0 aliphatic heterocycles. The van der Waals surface area contributed by atoms with Crippen molar-refractivity contribution in [3.05, 3.63) is 12.2 Å². The number of guanidine groups is 1. The Morgan fingerprint density at radius 1 is 1.59 bits per heavy atom. The van der Waals surface area contributed by atoms with Crippen molar-refractivity contribution in [3.8, 4) is 12.3 Å². The Bertz CT molecular complexity index is 392. The molecule has 1 aromatic rings. The van der Waals surface area contributed by atoms with Crippen molar-refractivity contribution in [2.24, 2.45) is 12.0 Å². The Kier molecular flexibility index (Phi) is 8.13. The Morgan fingerprint density at radius 3 is 2.88 bits per heavy atom. The van der Waals surface area contributed by atoms with Crippen LogP contribution in [0.1, 0.15) is 12.7 Å². The van der Waals surface area contributed by atoms with Gasteiger partial charge in [-0.25, -0.2) is 9.98 Å². The molecule has 7 heteroatoms. The lowest BCUT2D eigenvalue weighted by molar-refractivity contribution is 0.699. The van der Waals surface area contributed by atoms with Gasteiger partial charge in [-0.2, -0.15) is 5.10 Å². The third kappa shape index (κ3) is 5.53. The van der Waals surface area contributed by atoms with Gasteiger partial charge in [0, 0.05) is 13.6 Å². The van der Waals surface area contributed by atoms with Crippen molar-refractivity contribution in [2.45, 2.75) is 13.5 Å². The summed E-state index contributed by atoms with van der Waals surface area (Å²) >= 11 is 0. The van der Waals surface area contributed by atoms with Crippen LogP contribution in [0.3, 0.4) is 0 Å². The number of aromatic nitrogens is 3. The van der Waals surface area contributed by atoms with Crippen molar-refractivity contribution in [2.75, 3.05) is 13.1 Å². The van der Waals surface area contributed by atoms with Crippen molar-refractivity contribution in [1.82, 2.24) is 25.4 Å². The molecule has 0 aromatic carbocycles. The van der Waals surface area contributed by atoms with Crippen LogP contribution in [0.2, 0.25) is 0 Å². The first-order valence-corrected chi connectivity index (χ1v) is 5.06. The number of nitrogens with zero attached hydrogens (tertiary/aromatic N) is 4. The van der Waals surface area contributed by atoms with Gasteiger partial charge in [0.2, 0.25) is 0 Å². The Labute approximate surface area is 118 Å². The van der Waals surface area contributed by atoms with Crippen LogP contribution in [-0.2, 0) is 13.6 Å². The third-order valence-corrected chi connectivity index (χ3v) is 1.89. The van der Waals surface area contributed by atoms with E-state index in [2.05, 4.69) is 31.6 Å². The quantitative estimate of drug-likeness (QED) is 0.351. The van der Waals surface area contributed by atoms with E-state index in [9.17, 15) is 0 Å². The summed E-state index contributed by atoms with van der Waals surface area (Å²) in [5, 5.41) is 10.0. The van der Waals surface area contributed by atoms with E-state index < -0.39 is 0 Å². The van der Waals surface area contributed by atoms with Crippen LogP contribution in [0.25, 0.3) is 0 Å². The molecule has 2 N–H and O–H groups in total. The van der Waals surface area contributed by atoms with E-state index in [1.165, 1.54) is 6.33 Å². The third-order valence-electron chi connectivity index (χ3n) is 1.89. The minimum atomic E-state index is 0. The molecular weight excluding hydrogens is 331 g/mol. The zero-order chi connectivity index (χ0) is 11.8. The normalized spacial score (nSPS) is 10.3. The van der Waals surface area contributed by atoms with Gasteiger partial charge in [-0.1, -0.05) is 5.92 Å². The summed E-state index contributed by atoms with van der Waals surface area (Å²) in [6.45, 7) is 3.70. The molecule has 1 aromatic heterocycles. The van der Waals surface area contributed by atoms with Crippen LogP contribution in [-0.4, -0.2) is 33.8 Å². The fraction of sp³-hybridized carbons (Fsp3) is 0.500. The van der Waals surface area contributed by atoms with E-state index in [0.29, 0.717) is 19.0 Å². The van der Waals surface area contributed by atoms with Gasteiger partial charge in [0.25, 0.3) is 0 Å². The van der Waals surface area contributed by atoms with E-state index in [4.69, 9.17) is 6.42 Å². The molecule has 0 aliphatic carbocycles. The molecule has 0 spiro atoms. The number of terminal acetylenes is 1. The van der Waals surface area contributed by atoms with Crippen molar-refractivity contribution < 1.29 is 0 Å². The standard InChI is InChI=1S/C10H16N6.HI/c1-4-6-12-10(11-5-2)13-7-9-14-8-15-16(9)3;/h1,8H,5-7H2,2-3H3,(H2,11,12,13);1H. The highest BCUT2D eigenvalue weighted by atomic mass is 127. The van der Waals surface area contributed by atoms with Crippen molar-refractivity contribution >= 4 is 29.9 Å². The summed E-state index contributed by atoms with van der Waals surface area (Å²) in [7, 11) is 1.83. The summed E-state index contributed by atoms with van der Waals surface area (Å²) in [5.41, 5.74) is 0. The van der Waals surface area contributed by atoms with Gasteiger partial charge in [0.1, 0.15) is 18.7 Å². The van der Waals surface area contributed by atoms with Gasteiger partial charge in [-0.15, -0.1) is 30.4 Å². The number of rotatable bonds is 4. The number of hydrogen-bond donors (Lipinski definition) is 2. The first kappa shape index (κ1) is 15.7. The monoisotopic (exact) mass is 348 g/mol. The Morgan fingerprint density at radius 2 is 2.35 bits per heavy atom. The lowest BCUT2D eigenvalue weighted by atomic mass is 10.6. The molecule has 0 radical (unpaired) electrons. The molecule has 94 valence electrons. The van der Waals surface area contributed by atoms with Crippen LogP contribution in [0.4, 0.5) is 0 Å². The molecule has 0 unspecified atom stereocenters. The molecule has 0 saturated heterocycles. The van der Waals surface area contributed by atoms with E-state index in [1.807, 2.05) is 14.0 Å².